The number of nitrogens with two attached hydrogens (primary N) is 1. The molecular formula is C12H18N2O. The summed E-state index contributed by atoms with van der Waals surface area (Å²) in [5.74, 6) is 0.725. The number of hydrogen-bond acceptors (Lipinski definition) is 3. The molecule has 0 spiro atoms. The molecule has 0 unspecified atom stereocenters. The van der Waals surface area contributed by atoms with Gasteiger partial charge in [-0.1, -0.05) is 6.07 Å². The van der Waals surface area contributed by atoms with Crippen LogP contribution in [0.1, 0.15) is 32.6 Å². The summed E-state index contributed by atoms with van der Waals surface area (Å²) in [6.45, 7) is 2.12. The Balaban J connectivity index is 1.88. The summed E-state index contributed by atoms with van der Waals surface area (Å²) < 4.78 is 5.78. The van der Waals surface area contributed by atoms with E-state index in [2.05, 4.69) is 11.9 Å². The van der Waals surface area contributed by atoms with Crippen molar-refractivity contribution in [1.29, 1.82) is 0 Å². The van der Waals surface area contributed by atoms with Crippen LogP contribution in [0.3, 0.4) is 0 Å². The van der Waals surface area contributed by atoms with Gasteiger partial charge < -0.3 is 10.5 Å². The van der Waals surface area contributed by atoms with E-state index in [1.54, 1.807) is 6.20 Å². The highest BCUT2D eigenvalue weighted by Crippen LogP contribution is 2.27. The summed E-state index contributed by atoms with van der Waals surface area (Å²) in [6.07, 6.45) is 6.17. The molecule has 3 nitrogen and oxygen atoms in total. The molecule has 1 aromatic rings. The molecule has 1 aliphatic carbocycles. The van der Waals surface area contributed by atoms with E-state index in [-0.39, 0.29) is 11.6 Å². The second-order valence-corrected chi connectivity index (χ2v) is 4.64. The molecule has 1 heterocycles. The third-order valence-corrected chi connectivity index (χ3v) is 3.00. The molecule has 0 saturated heterocycles. The quantitative estimate of drug-likeness (QED) is 0.806. The fraction of sp³-hybridized carbons (Fsp3) is 0.583. The Morgan fingerprint density at radius 3 is 2.73 bits per heavy atom. The van der Waals surface area contributed by atoms with Crippen molar-refractivity contribution in [3.05, 3.63) is 24.4 Å². The van der Waals surface area contributed by atoms with Crippen molar-refractivity contribution in [3.63, 3.8) is 0 Å². The largest absolute Gasteiger partial charge is 0.474 e. The van der Waals surface area contributed by atoms with Gasteiger partial charge in [0.15, 0.2) is 0 Å². The summed E-state index contributed by atoms with van der Waals surface area (Å²) in [6, 6.07) is 5.74. The minimum atomic E-state index is 0.00394. The highest BCUT2D eigenvalue weighted by Gasteiger charge is 2.28. The first-order valence-electron chi connectivity index (χ1n) is 5.52. The van der Waals surface area contributed by atoms with Crippen LogP contribution < -0.4 is 10.5 Å². The Bertz CT molecular complexity index is 301. The number of rotatable bonds is 2. The molecular weight excluding hydrogens is 188 g/mol. The topological polar surface area (TPSA) is 48.1 Å². The zero-order valence-electron chi connectivity index (χ0n) is 9.15. The molecule has 1 aromatic heterocycles. The van der Waals surface area contributed by atoms with Gasteiger partial charge >= 0.3 is 0 Å². The normalized spacial score (nSPS) is 31.2. The predicted molar refractivity (Wildman–Crippen MR) is 59.7 cm³/mol. The zero-order chi connectivity index (χ0) is 10.7. The summed E-state index contributed by atoms with van der Waals surface area (Å²) in [5, 5.41) is 0. The highest BCUT2D eigenvalue weighted by molar-refractivity contribution is 5.09. The van der Waals surface area contributed by atoms with Gasteiger partial charge in [-0.2, -0.15) is 0 Å². The number of nitrogens with zero attached hydrogens (tertiary/aromatic N) is 1. The smallest absolute Gasteiger partial charge is 0.213 e. The van der Waals surface area contributed by atoms with Crippen LogP contribution in [0.2, 0.25) is 0 Å². The Morgan fingerprint density at radius 1 is 1.40 bits per heavy atom. The van der Waals surface area contributed by atoms with Crippen LogP contribution >= 0.6 is 0 Å². The van der Waals surface area contributed by atoms with Gasteiger partial charge in [-0.3, -0.25) is 0 Å². The second-order valence-electron chi connectivity index (χ2n) is 4.64. The van der Waals surface area contributed by atoms with E-state index in [9.17, 15) is 0 Å². The summed E-state index contributed by atoms with van der Waals surface area (Å²) in [4.78, 5) is 4.16. The lowest BCUT2D eigenvalue weighted by Gasteiger charge is -2.33. The molecule has 0 bridgehead atoms. The van der Waals surface area contributed by atoms with E-state index in [0.717, 1.165) is 31.6 Å². The lowest BCUT2D eigenvalue weighted by molar-refractivity contribution is 0.119. The number of hydrogen-bond donors (Lipinski definition) is 1. The molecule has 82 valence electrons. The molecule has 3 heteroatoms. The van der Waals surface area contributed by atoms with Gasteiger partial charge in [0.25, 0.3) is 0 Å². The second kappa shape index (κ2) is 4.19. The maximum atomic E-state index is 6.06. The molecule has 1 fully saturated rings. The van der Waals surface area contributed by atoms with Crippen LogP contribution in [0.5, 0.6) is 5.88 Å². The Hall–Kier alpha value is -1.09. The van der Waals surface area contributed by atoms with Gasteiger partial charge in [0, 0.05) is 17.8 Å². The molecule has 0 aliphatic heterocycles. The van der Waals surface area contributed by atoms with Crippen molar-refractivity contribution >= 4 is 0 Å². The van der Waals surface area contributed by atoms with Crippen molar-refractivity contribution in [2.24, 2.45) is 5.73 Å². The van der Waals surface area contributed by atoms with Crippen LogP contribution in [-0.4, -0.2) is 16.6 Å². The SMILES string of the molecule is CC1(N)CCC(Oc2ccccn2)CC1. The van der Waals surface area contributed by atoms with Crippen LogP contribution in [0, 0.1) is 0 Å². The maximum Gasteiger partial charge on any atom is 0.213 e. The predicted octanol–water partition coefficient (Wildman–Crippen LogP) is 2.12. The Labute approximate surface area is 90.7 Å². The van der Waals surface area contributed by atoms with Gasteiger partial charge in [-0.05, 0) is 38.7 Å². The first-order valence-corrected chi connectivity index (χ1v) is 5.52. The Kier molecular flexibility index (Phi) is 2.91. The van der Waals surface area contributed by atoms with Crippen molar-refractivity contribution in [2.75, 3.05) is 0 Å². The fourth-order valence-electron chi connectivity index (χ4n) is 1.96. The van der Waals surface area contributed by atoms with E-state index in [1.165, 1.54) is 0 Å². The standard InChI is InChI=1S/C12H18N2O/c1-12(13)7-5-10(6-8-12)15-11-4-2-3-9-14-11/h2-4,9-10H,5-8,13H2,1H3. The monoisotopic (exact) mass is 206 g/mol. The molecule has 15 heavy (non-hydrogen) atoms. The zero-order valence-corrected chi connectivity index (χ0v) is 9.15. The van der Waals surface area contributed by atoms with E-state index >= 15 is 0 Å². The van der Waals surface area contributed by atoms with Gasteiger partial charge in [0.1, 0.15) is 6.10 Å². The van der Waals surface area contributed by atoms with Crippen molar-refractivity contribution < 1.29 is 4.74 Å². The maximum absolute atomic E-state index is 6.06. The molecule has 0 atom stereocenters. The van der Waals surface area contributed by atoms with Crippen LogP contribution in [-0.2, 0) is 0 Å². The average molecular weight is 206 g/mol. The molecule has 0 aromatic carbocycles. The summed E-state index contributed by atoms with van der Waals surface area (Å²) >= 11 is 0. The average Bonchev–Trinajstić information content (AvgIpc) is 2.23. The van der Waals surface area contributed by atoms with Crippen molar-refractivity contribution in [2.45, 2.75) is 44.2 Å². The van der Waals surface area contributed by atoms with E-state index in [1.807, 2.05) is 18.2 Å². The molecule has 2 N–H and O–H groups in total. The molecule has 1 aliphatic rings. The third kappa shape index (κ3) is 2.93. The summed E-state index contributed by atoms with van der Waals surface area (Å²) in [7, 11) is 0. The van der Waals surface area contributed by atoms with Crippen LogP contribution in [0.4, 0.5) is 0 Å². The minimum Gasteiger partial charge on any atom is -0.474 e. The Morgan fingerprint density at radius 2 is 2.13 bits per heavy atom. The van der Waals surface area contributed by atoms with Gasteiger partial charge in [-0.15, -0.1) is 0 Å². The minimum absolute atomic E-state index is 0.00394. The first kappa shape index (κ1) is 10.4. The highest BCUT2D eigenvalue weighted by atomic mass is 16.5. The van der Waals surface area contributed by atoms with E-state index in [0.29, 0.717) is 0 Å². The van der Waals surface area contributed by atoms with Gasteiger partial charge in [0.2, 0.25) is 5.88 Å². The number of aromatic nitrogens is 1. The lowest BCUT2D eigenvalue weighted by Crippen LogP contribution is -2.42. The van der Waals surface area contributed by atoms with E-state index in [4.69, 9.17) is 10.5 Å². The number of pyridine rings is 1. The first-order chi connectivity index (χ1) is 7.16. The van der Waals surface area contributed by atoms with Crippen LogP contribution in [0.25, 0.3) is 0 Å². The third-order valence-electron chi connectivity index (χ3n) is 3.00. The van der Waals surface area contributed by atoms with Gasteiger partial charge in [0.05, 0.1) is 0 Å². The van der Waals surface area contributed by atoms with E-state index < -0.39 is 0 Å². The summed E-state index contributed by atoms with van der Waals surface area (Å²) in [5.41, 5.74) is 6.07. The van der Waals surface area contributed by atoms with Crippen molar-refractivity contribution in [3.8, 4) is 5.88 Å². The lowest BCUT2D eigenvalue weighted by atomic mass is 9.83. The molecule has 0 amide bonds. The van der Waals surface area contributed by atoms with Gasteiger partial charge in [-0.25, -0.2) is 4.98 Å². The van der Waals surface area contributed by atoms with Crippen molar-refractivity contribution in [1.82, 2.24) is 4.98 Å². The molecule has 0 radical (unpaired) electrons. The molecule has 1 saturated carbocycles. The fourth-order valence-corrected chi connectivity index (χ4v) is 1.96. The van der Waals surface area contributed by atoms with Crippen LogP contribution in [0.15, 0.2) is 24.4 Å². The molecule has 2 rings (SSSR count). The number of ether oxygens (including phenoxy) is 1.